The zero-order chi connectivity index (χ0) is 17.0. The first-order valence-corrected chi connectivity index (χ1v) is 8.71. The van der Waals surface area contributed by atoms with Crippen LogP contribution < -0.4 is 0 Å². The molecular weight excluding hydrogens is 415 g/mol. The maximum atomic E-state index is 13.0. The number of aliphatic carboxylic acids is 1. The number of alkyl halides is 3. The second-order valence-corrected chi connectivity index (χ2v) is 7.27. The Balaban J connectivity index is 2.31. The number of hydrogen-bond acceptors (Lipinski definition) is 4. The summed E-state index contributed by atoms with van der Waals surface area (Å²) in [5.74, 6) is -1.47. The minimum atomic E-state index is -4.52. The molecule has 23 heavy (non-hydrogen) atoms. The van der Waals surface area contributed by atoms with Crippen LogP contribution >= 0.6 is 39.5 Å². The third-order valence-corrected chi connectivity index (χ3v) is 4.84. The van der Waals surface area contributed by atoms with Crippen molar-refractivity contribution in [3.63, 3.8) is 0 Å². The Labute approximate surface area is 146 Å². The van der Waals surface area contributed by atoms with Crippen molar-refractivity contribution < 1.29 is 23.1 Å². The summed E-state index contributed by atoms with van der Waals surface area (Å²) in [7, 11) is 0. The Morgan fingerprint density at radius 2 is 1.78 bits per heavy atom. The number of benzene rings is 1. The number of aromatic nitrogens is 1. The van der Waals surface area contributed by atoms with Crippen LogP contribution in [-0.2, 0) is 11.0 Å². The summed E-state index contributed by atoms with van der Waals surface area (Å²) in [6.07, 6.45) is -4.52. The zero-order valence-corrected chi connectivity index (χ0v) is 14.5. The quantitative estimate of drug-likeness (QED) is 0.670. The molecule has 0 unspecified atom stereocenters. The molecule has 0 fully saturated rings. The maximum Gasteiger partial charge on any atom is 0.416 e. The number of carbonyl (C=O) groups is 1. The summed E-state index contributed by atoms with van der Waals surface area (Å²) in [6, 6.07) is 8.87. The van der Waals surface area contributed by atoms with Crippen LogP contribution in [0.3, 0.4) is 0 Å². The molecule has 1 aromatic heterocycles. The lowest BCUT2D eigenvalue weighted by Crippen LogP contribution is -2.07. The van der Waals surface area contributed by atoms with Gasteiger partial charge in [-0.2, -0.15) is 13.2 Å². The molecule has 0 bridgehead atoms. The van der Waals surface area contributed by atoms with Crippen molar-refractivity contribution in [2.75, 3.05) is 5.75 Å². The Morgan fingerprint density at radius 1 is 1.17 bits per heavy atom. The van der Waals surface area contributed by atoms with Gasteiger partial charge in [-0.25, -0.2) is 4.98 Å². The molecule has 0 aliphatic carbocycles. The van der Waals surface area contributed by atoms with Crippen molar-refractivity contribution in [1.82, 2.24) is 4.98 Å². The van der Waals surface area contributed by atoms with E-state index in [1.54, 1.807) is 24.3 Å². The van der Waals surface area contributed by atoms with Gasteiger partial charge in [0.25, 0.3) is 0 Å². The van der Waals surface area contributed by atoms with Crippen molar-refractivity contribution >= 4 is 45.4 Å². The van der Waals surface area contributed by atoms with Gasteiger partial charge in [0.1, 0.15) is 5.03 Å². The Morgan fingerprint density at radius 3 is 2.35 bits per heavy atom. The van der Waals surface area contributed by atoms with Gasteiger partial charge in [0, 0.05) is 9.37 Å². The number of halogens is 4. The first-order chi connectivity index (χ1) is 10.7. The molecule has 9 heteroatoms. The number of thioether (sulfide) groups is 1. The van der Waals surface area contributed by atoms with Gasteiger partial charge in [-0.3, -0.25) is 4.79 Å². The van der Waals surface area contributed by atoms with Crippen LogP contribution in [-0.4, -0.2) is 21.8 Å². The molecule has 1 heterocycles. The molecule has 2 rings (SSSR count). The van der Waals surface area contributed by atoms with Crippen LogP contribution in [0.15, 0.2) is 55.8 Å². The van der Waals surface area contributed by atoms with Crippen LogP contribution in [0.1, 0.15) is 5.56 Å². The summed E-state index contributed by atoms with van der Waals surface area (Å²) in [5, 5.41) is 8.85. The summed E-state index contributed by atoms with van der Waals surface area (Å²) >= 11 is 5.12. The van der Waals surface area contributed by atoms with Gasteiger partial charge in [0.2, 0.25) is 0 Å². The van der Waals surface area contributed by atoms with Crippen LogP contribution in [0.4, 0.5) is 13.2 Å². The highest BCUT2D eigenvalue weighted by atomic mass is 79.9. The van der Waals surface area contributed by atoms with Gasteiger partial charge in [-0.15, -0.1) is 0 Å². The fourth-order valence-electron chi connectivity index (χ4n) is 1.53. The summed E-state index contributed by atoms with van der Waals surface area (Å²) in [5.41, 5.74) is -0.847. The fraction of sp³-hybridized carbons (Fsp3) is 0.143. The van der Waals surface area contributed by atoms with E-state index in [0.717, 1.165) is 45.0 Å². The first kappa shape index (κ1) is 18.2. The van der Waals surface area contributed by atoms with Crippen molar-refractivity contribution in [3.05, 3.63) is 46.4 Å². The maximum absolute atomic E-state index is 13.0. The summed E-state index contributed by atoms with van der Waals surface area (Å²) < 4.78 is 39.8. The molecule has 0 saturated carbocycles. The first-order valence-electron chi connectivity index (χ1n) is 6.11. The van der Waals surface area contributed by atoms with E-state index >= 15 is 0 Å². The van der Waals surface area contributed by atoms with Gasteiger partial charge in [0.15, 0.2) is 0 Å². The van der Waals surface area contributed by atoms with E-state index in [2.05, 4.69) is 20.9 Å². The van der Waals surface area contributed by atoms with Crippen molar-refractivity contribution in [2.24, 2.45) is 0 Å². The number of rotatable bonds is 5. The molecule has 0 radical (unpaired) electrons. The molecule has 2 aromatic rings. The van der Waals surface area contributed by atoms with E-state index in [0.29, 0.717) is 0 Å². The predicted octanol–water partition coefficient (Wildman–Crippen LogP) is 5.19. The molecule has 0 saturated heterocycles. The van der Waals surface area contributed by atoms with Gasteiger partial charge in [-0.1, -0.05) is 39.5 Å². The van der Waals surface area contributed by atoms with Gasteiger partial charge >= 0.3 is 12.1 Å². The number of carboxylic acid groups (broad SMARTS) is 1. The van der Waals surface area contributed by atoms with Gasteiger partial charge in [-0.05, 0) is 36.4 Å². The molecule has 0 spiro atoms. The molecule has 0 amide bonds. The normalized spacial score (nSPS) is 11.5. The van der Waals surface area contributed by atoms with E-state index in [9.17, 15) is 18.0 Å². The molecule has 0 aliphatic heterocycles. The second-order valence-electron chi connectivity index (χ2n) is 4.27. The Bertz CT molecular complexity index is 708. The number of pyridine rings is 1. The lowest BCUT2D eigenvalue weighted by atomic mass is 10.3. The van der Waals surface area contributed by atoms with Gasteiger partial charge in [0.05, 0.1) is 16.3 Å². The van der Waals surface area contributed by atoms with Gasteiger partial charge < -0.3 is 5.11 Å². The molecule has 122 valence electrons. The average molecular weight is 424 g/mol. The SMILES string of the molecule is O=C(O)CSc1cc(C(F)(F)F)cc(Sc2ccc(Br)cc2)n1. The van der Waals surface area contributed by atoms with E-state index < -0.39 is 17.7 Å². The predicted molar refractivity (Wildman–Crippen MR) is 85.9 cm³/mol. The minimum Gasteiger partial charge on any atom is -0.481 e. The largest absolute Gasteiger partial charge is 0.481 e. The number of nitrogens with zero attached hydrogens (tertiary/aromatic N) is 1. The topological polar surface area (TPSA) is 50.2 Å². The standard InChI is InChI=1S/C14H9BrF3NO2S2/c15-9-1-3-10(4-2-9)23-12-6-8(14(16,17)18)5-11(19-12)22-7-13(20)21/h1-6H,7H2,(H,20,21). The lowest BCUT2D eigenvalue weighted by Gasteiger charge is -2.11. The fourth-order valence-corrected chi connectivity index (χ4v) is 3.34. The lowest BCUT2D eigenvalue weighted by molar-refractivity contribution is -0.138. The Hall–Kier alpha value is -1.19. The highest BCUT2D eigenvalue weighted by Gasteiger charge is 2.31. The highest BCUT2D eigenvalue weighted by Crippen LogP contribution is 2.36. The third-order valence-electron chi connectivity index (χ3n) is 2.49. The summed E-state index contributed by atoms with van der Waals surface area (Å²) in [6.45, 7) is 0. The summed E-state index contributed by atoms with van der Waals surface area (Å²) in [4.78, 5) is 15.4. The molecule has 0 aliphatic rings. The molecule has 0 atom stereocenters. The van der Waals surface area contributed by atoms with Crippen molar-refractivity contribution in [2.45, 2.75) is 21.1 Å². The van der Waals surface area contributed by atoms with Crippen molar-refractivity contribution in [3.8, 4) is 0 Å². The number of hydrogen-bond donors (Lipinski definition) is 1. The van der Waals surface area contributed by atoms with Crippen LogP contribution in [0, 0.1) is 0 Å². The number of carboxylic acids is 1. The van der Waals surface area contributed by atoms with Crippen molar-refractivity contribution in [1.29, 1.82) is 0 Å². The van der Waals surface area contributed by atoms with E-state index in [1.165, 1.54) is 0 Å². The van der Waals surface area contributed by atoms with E-state index in [1.807, 2.05) is 0 Å². The monoisotopic (exact) mass is 423 g/mol. The average Bonchev–Trinajstić information content (AvgIpc) is 2.46. The Kier molecular flexibility index (Phi) is 5.99. The minimum absolute atomic E-state index is 0.0295. The highest BCUT2D eigenvalue weighted by molar-refractivity contribution is 9.10. The molecular formula is C14H9BrF3NO2S2. The molecule has 3 nitrogen and oxygen atoms in total. The second kappa shape index (κ2) is 7.59. The smallest absolute Gasteiger partial charge is 0.416 e. The van der Waals surface area contributed by atoms with E-state index in [4.69, 9.17) is 5.11 Å². The zero-order valence-electron chi connectivity index (χ0n) is 11.3. The van der Waals surface area contributed by atoms with Crippen LogP contribution in [0.25, 0.3) is 0 Å². The molecule has 1 aromatic carbocycles. The third kappa shape index (κ3) is 5.74. The van der Waals surface area contributed by atoms with Crippen LogP contribution in [0.5, 0.6) is 0 Å². The van der Waals surface area contributed by atoms with Crippen LogP contribution in [0.2, 0.25) is 0 Å². The molecule has 1 N–H and O–H groups in total. The van der Waals surface area contributed by atoms with E-state index in [-0.39, 0.29) is 15.8 Å².